The van der Waals surface area contributed by atoms with Crippen molar-refractivity contribution in [2.75, 3.05) is 6.54 Å². The van der Waals surface area contributed by atoms with E-state index in [2.05, 4.69) is 6.07 Å². The zero-order valence-electron chi connectivity index (χ0n) is 15.6. The monoisotopic (exact) mass is 375 g/mol. The van der Waals surface area contributed by atoms with Crippen LogP contribution in [0, 0.1) is 0 Å². The van der Waals surface area contributed by atoms with Crippen molar-refractivity contribution >= 4 is 22.6 Å². The second kappa shape index (κ2) is 7.35. The summed E-state index contributed by atoms with van der Waals surface area (Å²) in [4.78, 5) is 27.0. The maximum Gasteiger partial charge on any atom is 0.342 e. The summed E-state index contributed by atoms with van der Waals surface area (Å²) in [5, 5.41) is 11.8. The van der Waals surface area contributed by atoms with Gasteiger partial charge in [0.05, 0.1) is 0 Å². The number of benzene rings is 3. The van der Waals surface area contributed by atoms with Gasteiger partial charge in [0.25, 0.3) is 5.91 Å². The van der Waals surface area contributed by atoms with Crippen LogP contribution in [-0.4, -0.2) is 34.5 Å². The smallest absolute Gasteiger partial charge is 0.342 e. The Hall–Kier alpha value is -3.34. The molecule has 0 aliphatic carbocycles. The van der Waals surface area contributed by atoms with Gasteiger partial charge < -0.3 is 14.7 Å². The topological polar surface area (TPSA) is 66.8 Å². The molecular formula is C23H21NO4. The molecule has 3 aromatic carbocycles. The second-order valence-corrected chi connectivity index (χ2v) is 7.01. The molecule has 1 amide bonds. The molecule has 1 aliphatic rings. The van der Waals surface area contributed by atoms with Crippen molar-refractivity contribution in [1.29, 1.82) is 0 Å². The number of carbonyl (C=O) groups is 2. The van der Waals surface area contributed by atoms with Crippen molar-refractivity contribution in [2.24, 2.45) is 0 Å². The normalized spacial score (nSPS) is 14.4. The summed E-state index contributed by atoms with van der Waals surface area (Å²) >= 11 is 0. The van der Waals surface area contributed by atoms with Gasteiger partial charge in [0.15, 0.2) is 6.10 Å². The van der Waals surface area contributed by atoms with Gasteiger partial charge in [0, 0.05) is 18.5 Å². The molecule has 3 aromatic rings. The van der Waals surface area contributed by atoms with E-state index in [1.807, 2.05) is 30.3 Å². The van der Waals surface area contributed by atoms with E-state index >= 15 is 0 Å². The molecule has 0 fully saturated rings. The summed E-state index contributed by atoms with van der Waals surface area (Å²) in [7, 11) is 0. The summed E-state index contributed by atoms with van der Waals surface area (Å²) < 4.78 is 5.38. The Kier molecular flexibility index (Phi) is 4.74. The number of ether oxygens (including phenoxy) is 1. The van der Waals surface area contributed by atoms with Crippen LogP contribution in [0.5, 0.6) is 5.75 Å². The first-order valence-corrected chi connectivity index (χ1v) is 9.32. The van der Waals surface area contributed by atoms with Gasteiger partial charge in [-0.3, -0.25) is 4.79 Å². The Morgan fingerprint density at radius 3 is 2.54 bits per heavy atom. The minimum Gasteiger partial charge on any atom is -0.506 e. The third-order valence-corrected chi connectivity index (χ3v) is 5.19. The summed E-state index contributed by atoms with van der Waals surface area (Å²) in [5.74, 6) is -1.07. The highest BCUT2D eigenvalue weighted by Gasteiger charge is 2.28. The summed E-state index contributed by atoms with van der Waals surface area (Å²) in [5.41, 5.74) is 2.42. The number of hydrogen-bond acceptors (Lipinski definition) is 4. The highest BCUT2D eigenvalue weighted by atomic mass is 16.5. The van der Waals surface area contributed by atoms with Crippen molar-refractivity contribution in [3.8, 4) is 5.75 Å². The Morgan fingerprint density at radius 1 is 1.00 bits per heavy atom. The fourth-order valence-corrected chi connectivity index (χ4v) is 3.64. The highest BCUT2D eigenvalue weighted by Crippen LogP contribution is 2.29. The Balaban J connectivity index is 1.48. The van der Waals surface area contributed by atoms with Crippen LogP contribution in [0.3, 0.4) is 0 Å². The number of phenols is 1. The number of aromatic hydroxyl groups is 1. The fraction of sp³-hybridized carbons (Fsp3) is 0.217. The molecule has 0 unspecified atom stereocenters. The van der Waals surface area contributed by atoms with Crippen molar-refractivity contribution < 1.29 is 19.4 Å². The lowest BCUT2D eigenvalue weighted by Gasteiger charge is -2.30. The van der Waals surface area contributed by atoms with E-state index in [4.69, 9.17) is 4.74 Å². The number of fused-ring (bicyclic) bond motifs is 2. The molecular weight excluding hydrogens is 354 g/mol. The molecule has 4 rings (SSSR count). The highest BCUT2D eigenvalue weighted by molar-refractivity contribution is 6.01. The Labute approximate surface area is 163 Å². The average Bonchev–Trinajstić information content (AvgIpc) is 2.73. The SMILES string of the molecule is C[C@H](OC(=O)c1ccc2ccccc2c1O)C(=O)N1CCc2ccccc2C1. The first-order chi connectivity index (χ1) is 13.5. The van der Waals surface area contributed by atoms with Crippen LogP contribution >= 0.6 is 0 Å². The lowest BCUT2D eigenvalue weighted by molar-refractivity contribution is -0.140. The summed E-state index contributed by atoms with van der Waals surface area (Å²) in [6, 6.07) is 18.5. The van der Waals surface area contributed by atoms with Gasteiger partial charge in [0.1, 0.15) is 11.3 Å². The van der Waals surface area contributed by atoms with E-state index in [0.29, 0.717) is 18.5 Å². The van der Waals surface area contributed by atoms with Crippen LogP contribution < -0.4 is 0 Å². The van der Waals surface area contributed by atoms with Gasteiger partial charge >= 0.3 is 5.97 Å². The Morgan fingerprint density at radius 2 is 1.71 bits per heavy atom. The zero-order valence-corrected chi connectivity index (χ0v) is 15.6. The van der Waals surface area contributed by atoms with Gasteiger partial charge in [-0.2, -0.15) is 0 Å². The van der Waals surface area contributed by atoms with Crippen LogP contribution in [0.25, 0.3) is 10.8 Å². The number of hydrogen-bond donors (Lipinski definition) is 1. The zero-order chi connectivity index (χ0) is 19.7. The van der Waals surface area contributed by atoms with E-state index in [0.717, 1.165) is 17.4 Å². The number of nitrogens with zero attached hydrogens (tertiary/aromatic N) is 1. The molecule has 5 nitrogen and oxygen atoms in total. The molecule has 142 valence electrons. The number of esters is 1. The van der Waals surface area contributed by atoms with E-state index in [1.54, 1.807) is 30.0 Å². The predicted octanol–water partition coefficient (Wildman–Crippen LogP) is 3.68. The van der Waals surface area contributed by atoms with Gasteiger partial charge in [-0.25, -0.2) is 4.79 Å². The quantitative estimate of drug-likeness (QED) is 0.709. The molecule has 1 N–H and O–H groups in total. The third kappa shape index (κ3) is 3.31. The third-order valence-electron chi connectivity index (χ3n) is 5.19. The van der Waals surface area contributed by atoms with E-state index < -0.39 is 12.1 Å². The first kappa shape index (κ1) is 18.0. The number of rotatable bonds is 3. The van der Waals surface area contributed by atoms with Crippen molar-refractivity contribution in [2.45, 2.75) is 26.0 Å². The molecule has 0 bridgehead atoms. The molecule has 1 aliphatic heterocycles. The molecule has 5 heteroatoms. The van der Waals surface area contributed by atoms with Crippen LogP contribution in [0.4, 0.5) is 0 Å². The Bertz CT molecular complexity index is 1060. The lowest BCUT2D eigenvalue weighted by Crippen LogP contribution is -2.42. The van der Waals surface area contributed by atoms with E-state index in [-0.39, 0.29) is 17.2 Å². The molecule has 1 atom stereocenters. The molecule has 1 heterocycles. The second-order valence-electron chi connectivity index (χ2n) is 7.01. The molecule has 0 saturated carbocycles. The minimum atomic E-state index is -0.927. The lowest BCUT2D eigenvalue weighted by atomic mass is 9.99. The predicted molar refractivity (Wildman–Crippen MR) is 106 cm³/mol. The number of carbonyl (C=O) groups excluding carboxylic acids is 2. The van der Waals surface area contributed by atoms with Gasteiger partial charge in [-0.15, -0.1) is 0 Å². The van der Waals surface area contributed by atoms with E-state index in [1.165, 1.54) is 11.6 Å². The van der Waals surface area contributed by atoms with Crippen LogP contribution in [0.1, 0.15) is 28.4 Å². The molecule has 0 radical (unpaired) electrons. The van der Waals surface area contributed by atoms with Gasteiger partial charge in [-0.1, -0.05) is 54.6 Å². The van der Waals surface area contributed by atoms with Crippen LogP contribution in [0.15, 0.2) is 60.7 Å². The largest absolute Gasteiger partial charge is 0.506 e. The molecule has 0 aromatic heterocycles. The van der Waals surface area contributed by atoms with Crippen LogP contribution in [0.2, 0.25) is 0 Å². The summed E-state index contributed by atoms with van der Waals surface area (Å²) in [6.45, 7) is 2.68. The molecule has 0 spiro atoms. The van der Waals surface area contributed by atoms with E-state index in [9.17, 15) is 14.7 Å². The fourth-order valence-electron chi connectivity index (χ4n) is 3.64. The minimum absolute atomic E-state index is 0.0577. The summed E-state index contributed by atoms with van der Waals surface area (Å²) in [6.07, 6.45) is -0.141. The molecule has 0 saturated heterocycles. The van der Waals surface area contributed by atoms with Crippen molar-refractivity contribution in [3.05, 3.63) is 77.4 Å². The number of phenolic OH excluding ortho intramolecular Hbond substituents is 1. The van der Waals surface area contributed by atoms with Crippen molar-refractivity contribution in [1.82, 2.24) is 4.90 Å². The molecule has 28 heavy (non-hydrogen) atoms. The maximum atomic E-state index is 12.8. The van der Waals surface area contributed by atoms with Crippen LogP contribution in [-0.2, 0) is 22.5 Å². The average molecular weight is 375 g/mol. The van der Waals surface area contributed by atoms with Crippen molar-refractivity contribution in [3.63, 3.8) is 0 Å². The number of amides is 1. The maximum absolute atomic E-state index is 12.8. The first-order valence-electron chi connectivity index (χ1n) is 9.32. The van der Waals surface area contributed by atoms with Gasteiger partial charge in [-0.05, 0) is 35.9 Å². The standard InChI is InChI=1S/C23H21NO4/c1-15(22(26)24-13-12-16-6-2-3-8-18(16)14-24)28-23(27)20-11-10-17-7-4-5-9-19(17)21(20)25/h2-11,15,25H,12-14H2,1H3/t15-/m0/s1. The van der Waals surface area contributed by atoms with Gasteiger partial charge in [0.2, 0.25) is 0 Å².